The molecule has 0 atom stereocenters. The fourth-order valence-corrected chi connectivity index (χ4v) is 1.12. The zero-order valence-electron chi connectivity index (χ0n) is 6.64. The lowest BCUT2D eigenvalue weighted by molar-refractivity contribution is 0.205. The van der Waals surface area contributed by atoms with E-state index in [9.17, 15) is 4.79 Å². The Kier molecular flexibility index (Phi) is 1.63. The van der Waals surface area contributed by atoms with Crippen molar-refractivity contribution < 1.29 is 9.90 Å². The second-order valence-corrected chi connectivity index (χ2v) is 2.55. The summed E-state index contributed by atoms with van der Waals surface area (Å²) in [7, 11) is 0. The van der Waals surface area contributed by atoms with Gasteiger partial charge in [-0.25, -0.2) is 10.2 Å². The molecule has 0 unspecified atom stereocenters. The number of carbonyl (C=O) groups is 1. The van der Waals surface area contributed by atoms with Gasteiger partial charge in [0.1, 0.15) is 0 Å². The molecule has 66 valence electrons. The van der Waals surface area contributed by atoms with Gasteiger partial charge in [-0.3, -0.25) is 0 Å². The van der Waals surface area contributed by atoms with Crippen LogP contribution in [0.3, 0.4) is 0 Å². The molecular weight excluding hydrogens is 170 g/mol. The van der Waals surface area contributed by atoms with Crippen molar-refractivity contribution in [2.45, 2.75) is 0 Å². The van der Waals surface area contributed by atoms with Crippen LogP contribution in [0.5, 0.6) is 0 Å². The number of carboxylic acid groups (broad SMARTS) is 1. The quantitative estimate of drug-likeness (QED) is 0.689. The van der Waals surface area contributed by atoms with Crippen LogP contribution in [0.1, 0.15) is 0 Å². The van der Waals surface area contributed by atoms with Crippen LogP contribution in [0, 0.1) is 0 Å². The minimum Gasteiger partial charge on any atom is -0.464 e. The fourth-order valence-electron chi connectivity index (χ4n) is 1.12. The van der Waals surface area contributed by atoms with Gasteiger partial charge in [-0.15, -0.1) is 0 Å². The third-order valence-electron chi connectivity index (χ3n) is 1.62. The van der Waals surface area contributed by atoms with Crippen LogP contribution < -0.4 is 5.43 Å². The molecule has 1 aromatic heterocycles. The molecule has 2 N–H and O–H groups in total. The first-order valence-electron chi connectivity index (χ1n) is 3.70. The van der Waals surface area contributed by atoms with Crippen LogP contribution in [0.25, 0.3) is 10.9 Å². The Bertz CT molecular complexity index is 416. The highest BCUT2D eigenvalue weighted by Crippen LogP contribution is 2.09. The zero-order valence-corrected chi connectivity index (χ0v) is 6.64. The number of aromatic nitrogens is 2. The summed E-state index contributed by atoms with van der Waals surface area (Å²) in [4.78, 5) is 11.4. The number of rotatable bonds is 1. The van der Waals surface area contributed by atoms with Crippen molar-refractivity contribution in [1.82, 2.24) is 9.89 Å². The van der Waals surface area contributed by atoms with E-state index in [0.29, 0.717) is 0 Å². The lowest BCUT2D eigenvalue weighted by Crippen LogP contribution is -2.20. The summed E-state index contributed by atoms with van der Waals surface area (Å²) in [5.74, 6) is 0. The second-order valence-electron chi connectivity index (χ2n) is 2.55. The van der Waals surface area contributed by atoms with E-state index < -0.39 is 6.09 Å². The maximum Gasteiger partial charge on any atom is 0.425 e. The fraction of sp³-hybridized carbons (Fsp3) is 0. The first-order chi connectivity index (χ1) is 6.25. The van der Waals surface area contributed by atoms with Crippen LogP contribution in [-0.4, -0.2) is 21.1 Å². The monoisotopic (exact) mass is 177 g/mol. The van der Waals surface area contributed by atoms with Crippen molar-refractivity contribution >= 4 is 17.0 Å². The SMILES string of the molecule is O=C(O)Nn1cc2ccccc2n1. The Labute approximate surface area is 73.6 Å². The molecule has 1 aromatic carbocycles. The Balaban J connectivity index is 2.44. The summed E-state index contributed by atoms with van der Waals surface area (Å²) < 4.78 is 0. The van der Waals surface area contributed by atoms with Gasteiger partial charge in [-0.2, -0.15) is 9.89 Å². The Morgan fingerprint density at radius 2 is 2.23 bits per heavy atom. The van der Waals surface area contributed by atoms with E-state index in [4.69, 9.17) is 5.11 Å². The number of nitrogens with zero attached hydrogens (tertiary/aromatic N) is 2. The van der Waals surface area contributed by atoms with E-state index in [-0.39, 0.29) is 0 Å². The number of amides is 1. The molecule has 2 aromatic rings. The van der Waals surface area contributed by atoms with Gasteiger partial charge < -0.3 is 5.11 Å². The molecule has 0 saturated carbocycles. The number of hydrogen-bond acceptors (Lipinski definition) is 2. The summed E-state index contributed by atoms with van der Waals surface area (Å²) in [5, 5.41) is 13.3. The number of fused-ring (bicyclic) bond motifs is 1. The van der Waals surface area contributed by atoms with Crippen LogP contribution in [0.2, 0.25) is 0 Å². The normalized spacial score (nSPS) is 10.2. The van der Waals surface area contributed by atoms with E-state index in [1.54, 1.807) is 6.20 Å². The third-order valence-corrected chi connectivity index (χ3v) is 1.62. The highest BCUT2D eigenvalue weighted by molar-refractivity contribution is 5.79. The Morgan fingerprint density at radius 1 is 1.46 bits per heavy atom. The van der Waals surface area contributed by atoms with Gasteiger partial charge in [0.2, 0.25) is 0 Å². The van der Waals surface area contributed by atoms with Gasteiger partial charge in [0.05, 0.1) is 11.7 Å². The molecule has 5 heteroatoms. The van der Waals surface area contributed by atoms with Crippen LogP contribution >= 0.6 is 0 Å². The van der Waals surface area contributed by atoms with Gasteiger partial charge in [-0.1, -0.05) is 18.2 Å². The van der Waals surface area contributed by atoms with Crippen molar-refractivity contribution in [2.75, 3.05) is 5.43 Å². The molecule has 1 amide bonds. The van der Waals surface area contributed by atoms with Gasteiger partial charge in [0, 0.05) is 5.39 Å². The van der Waals surface area contributed by atoms with Crippen molar-refractivity contribution in [3.8, 4) is 0 Å². The minimum absolute atomic E-state index is 0.760. The topological polar surface area (TPSA) is 67.2 Å². The van der Waals surface area contributed by atoms with E-state index >= 15 is 0 Å². The molecule has 0 aliphatic rings. The van der Waals surface area contributed by atoms with E-state index in [0.717, 1.165) is 10.9 Å². The average Bonchev–Trinajstić information content (AvgIpc) is 2.44. The molecule has 0 radical (unpaired) electrons. The highest BCUT2D eigenvalue weighted by atomic mass is 16.4. The molecule has 0 aliphatic carbocycles. The van der Waals surface area contributed by atoms with Gasteiger partial charge in [0.25, 0.3) is 0 Å². The molecular formula is C8H7N3O2. The number of nitrogens with one attached hydrogen (secondary N) is 1. The van der Waals surface area contributed by atoms with E-state index in [1.807, 2.05) is 24.3 Å². The van der Waals surface area contributed by atoms with Crippen molar-refractivity contribution in [3.05, 3.63) is 30.5 Å². The molecule has 13 heavy (non-hydrogen) atoms. The van der Waals surface area contributed by atoms with Gasteiger partial charge >= 0.3 is 6.09 Å². The summed E-state index contributed by atoms with van der Waals surface area (Å²) in [5.41, 5.74) is 2.88. The van der Waals surface area contributed by atoms with Gasteiger partial charge in [-0.05, 0) is 6.07 Å². The summed E-state index contributed by atoms with van der Waals surface area (Å²) >= 11 is 0. The van der Waals surface area contributed by atoms with Crippen LogP contribution in [-0.2, 0) is 0 Å². The largest absolute Gasteiger partial charge is 0.464 e. The molecule has 2 rings (SSSR count). The number of benzene rings is 1. The summed E-state index contributed by atoms with van der Waals surface area (Å²) in [6.07, 6.45) is 0.483. The number of hydrogen-bond donors (Lipinski definition) is 2. The first kappa shape index (κ1) is 7.60. The molecule has 0 spiro atoms. The molecule has 1 heterocycles. The summed E-state index contributed by atoms with van der Waals surface area (Å²) in [6.45, 7) is 0. The summed E-state index contributed by atoms with van der Waals surface area (Å²) in [6, 6.07) is 7.40. The van der Waals surface area contributed by atoms with E-state index in [1.165, 1.54) is 4.79 Å². The molecule has 0 fully saturated rings. The van der Waals surface area contributed by atoms with Crippen LogP contribution in [0.15, 0.2) is 30.5 Å². The van der Waals surface area contributed by atoms with Crippen molar-refractivity contribution in [1.29, 1.82) is 0 Å². The maximum atomic E-state index is 10.3. The average molecular weight is 177 g/mol. The lowest BCUT2D eigenvalue weighted by atomic mass is 10.3. The molecule has 0 aliphatic heterocycles. The third kappa shape index (κ3) is 1.44. The lowest BCUT2D eigenvalue weighted by Gasteiger charge is -1.95. The van der Waals surface area contributed by atoms with Gasteiger partial charge in [0.15, 0.2) is 0 Å². The van der Waals surface area contributed by atoms with Crippen molar-refractivity contribution in [3.63, 3.8) is 0 Å². The highest BCUT2D eigenvalue weighted by Gasteiger charge is 2.00. The molecule has 0 saturated heterocycles. The smallest absolute Gasteiger partial charge is 0.425 e. The molecule has 5 nitrogen and oxygen atoms in total. The van der Waals surface area contributed by atoms with E-state index in [2.05, 4.69) is 10.5 Å². The Morgan fingerprint density at radius 3 is 2.92 bits per heavy atom. The van der Waals surface area contributed by atoms with Crippen LogP contribution in [0.4, 0.5) is 4.79 Å². The van der Waals surface area contributed by atoms with Crippen molar-refractivity contribution in [2.24, 2.45) is 0 Å². The standard InChI is InChI=1S/C8H7N3O2/c12-8(13)10-11-5-6-3-1-2-4-7(6)9-11/h1-5,10H,(H,12,13). The Hall–Kier alpha value is -2.04. The predicted molar refractivity (Wildman–Crippen MR) is 47.1 cm³/mol. The zero-order chi connectivity index (χ0) is 9.26. The maximum absolute atomic E-state index is 10.3. The minimum atomic E-state index is -1.13. The first-order valence-corrected chi connectivity index (χ1v) is 3.70. The predicted octanol–water partition coefficient (Wildman–Crippen LogP) is 1.26. The second kappa shape index (κ2) is 2.78. The molecule has 0 bridgehead atoms.